The van der Waals surface area contributed by atoms with Crippen molar-refractivity contribution in [2.75, 3.05) is 11.9 Å². The Kier molecular flexibility index (Phi) is 3.28. The van der Waals surface area contributed by atoms with Crippen LogP contribution >= 0.6 is 0 Å². The largest absolute Gasteiger partial charge is 0.324 e. The molecule has 3 heterocycles. The van der Waals surface area contributed by atoms with Crippen molar-refractivity contribution in [2.45, 2.75) is 38.3 Å². The van der Waals surface area contributed by atoms with Crippen LogP contribution in [0.2, 0.25) is 0 Å². The van der Waals surface area contributed by atoms with Gasteiger partial charge in [-0.3, -0.25) is 24.6 Å². The Bertz CT molecular complexity index is 747. The fraction of sp³-hybridized carbons (Fsp3) is 0.500. The average molecular weight is 327 g/mol. The third kappa shape index (κ3) is 1.72. The van der Waals surface area contributed by atoms with E-state index in [4.69, 9.17) is 0 Å². The summed E-state index contributed by atoms with van der Waals surface area (Å²) < 4.78 is 0. The lowest BCUT2D eigenvalue weighted by molar-refractivity contribution is -0.142. The molecular weight excluding hydrogens is 306 g/mol. The lowest BCUT2D eigenvalue weighted by Gasteiger charge is -2.29. The van der Waals surface area contributed by atoms with Crippen LogP contribution in [0.1, 0.15) is 32.3 Å². The van der Waals surface area contributed by atoms with Gasteiger partial charge < -0.3 is 5.32 Å². The van der Waals surface area contributed by atoms with E-state index >= 15 is 0 Å². The number of imide groups is 1. The third-order valence-corrected chi connectivity index (χ3v) is 5.60. The summed E-state index contributed by atoms with van der Waals surface area (Å²) in [4.78, 5) is 40.1. The summed E-state index contributed by atoms with van der Waals surface area (Å²) in [5, 5.41) is 6.17. The highest BCUT2D eigenvalue weighted by Crippen LogP contribution is 2.52. The number of para-hydroxylation sites is 1. The van der Waals surface area contributed by atoms with E-state index in [0.717, 1.165) is 24.1 Å². The summed E-state index contributed by atoms with van der Waals surface area (Å²) in [5.41, 5.74) is 0.358. The fourth-order valence-electron chi connectivity index (χ4n) is 4.52. The second kappa shape index (κ2) is 5.14. The molecule has 1 spiro atoms. The van der Waals surface area contributed by atoms with Gasteiger partial charge in [0.15, 0.2) is 0 Å². The smallest absolute Gasteiger partial charge is 0.250 e. The number of benzene rings is 1. The number of rotatable bonds is 3. The molecule has 3 aliphatic heterocycles. The predicted molar refractivity (Wildman–Crippen MR) is 88.0 cm³/mol. The minimum Gasteiger partial charge on any atom is -0.324 e. The van der Waals surface area contributed by atoms with Crippen LogP contribution in [0.4, 0.5) is 5.69 Å². The molecule has 126 valence electrons. The van der Waals surface area contributed by atoms with Crippen molar-refractivity contribution in [2.24, 2.45) is 11.8 Å². The molecule has 6 nitrogen and oxygen atoms in total. The average Bonchev–Trinajstić information content (AvgIpc) is 3.12. The Balaban J connectivity index is 1.82. The van der Waals surface area contributed by atoms with Crippen LogP contribution in [-0.2, 0) is 19.9 Å². The molecule has 0 unspecified atom stereocenters. The molecular formula is C18H21N3O3. The van der Waals surface area contributed by atoms with Gasteiger partial charge in [0.25, 0.3) is 0 Å². The first kappa shape index (κ1) is 15.3. The maximum atomic E-state index is 13.1. The van der Waals surface area contributed by atoms with E-state index in [0.29, 0.717) is 6.54 Å². The van der Waals surface area contributed by atoms with Gasteiger partial charge in [0, 0.05) is 23.8 Å². The maximum absolute atomic E-state index is 13.1. The Labute approximate surface area is 140 Å². The van der Waals surface area contributed by atoms with Gasteiger partial charge >= 0.3 is 0 Å². The monoisotopic (exact) mass is 327 g/mol. The van der Waals surface area contributed by atoms with Gasteiger partial charge in [-0.05, 0) is 19.4 Å². The molecule has 0 aromatic heterocycles. The zero-order valence-corrected chi connectivity index (χ0v) is 13.8. The SMILES string of the molecule is CCCCN1C(=O)[C@@H]2[C@H](C)N[C@]3(C(=O)Nc4ccccc43)[C@@H]2C1=O. The summed E-state index contributed by atoms with van der Waals surface area (Å²) in [7, 11) is 0. The first-order valence-electron chi connectivity index (χ1n) is 8.56. The number of likely N-dealkylation sites (tertiary alicyclic amines) is 1. The van der Waals surface area contributed by atoms with E-state index < -0.39 is 17.4 Å². The molecule has 3 amide bonds. The van der Waals surface area contributed by atoms with Crippen molar-refractivity contribution in [3.8, 4) is 0 Å². The van der Waals surface area contributed by atoms with E-state index in [-0.39, 0.29) is 23.8 Å². The molecule has 6 heteroatoms. The van der Waals surface area contributed by atoms with Crippen molar-refractivity contribution in [1.29, 1.82) is 0 Å². The molecule has 24 heavy (non-hydrogen) atoms. The van der Waals surface area contributed by atoms with Crippen LogP contribution in [-0.4, -0.2) is 35.2 Å². The topological polar surface area (TPSA) is 78.5 Å². The number of fused-ring (bicyclic) bond motifs is 4. The van der Waals surface area contributed by atoms with E-state index in [2.05, 4.69) is 10.6 Å². The summed E-state index contributed by atoms with van der Waals surface area (Å²) in [5.74, 6) is -1.75. The van der Waals surface area contributed by atoms with Gasteiger partial charge in [-0.15, -0.1) is 0 Å². The molecule has 0 saturated carbocycles. The molecule has 1 aromatic rings. The zero-order chi connectivity index (χ0) is 17.1. The molecule has 3 aliphatic rings. The lowest BCUT2D eigenvalue weighted by atomic mass is 9.76. The second-order valence-electron chi connectivity index (χ2n) is 6.93. The van der Waals surface area contributed by atoms with E-state index in [9.17, 15) is 14.4 Å². The highest BCUT2D eigenvalue weighted by atomic mass is 16.2. The molecule has 2 N–H and O–H groups in total. The normalized spacial score (nSPS) is 34.0. The second-order valence-corrected chi connectivity index (χ2v) is 6.93. The molecule has 4 atom stereocenters. The molecule has 0 radical (unpaired) electrons. The molecule has 0 bridgehead atoms. The summed E-state index contributed by atoms with van der Waals surface area (Å²) in [6, 6.07) is 7.18. The van der Waals surface area contributed by atoms with E-state index in [1.165, 1.54) is 4.90 Å². The van der Waals surface area contributed by atoms with Gasteiger partial charge in [0.2, 0.25) is 17.7 Å². The van der Waals surface area contributed by atoms with Crippen LogP contribution in [0.25, 0.3) is 0 Å². The maximum Gasteiger partial charge on any atom is 0.250 e. The number of hydrogen-bond donors (Lipinski definition) is 2. The fourth-order valence-corrected chi connectivity index (χ4v) is 4.52. The molecule has 4 rings (SSSR count). The summed E-state index contributed by atoms with van der Waals surface area (Å²) >= 11 is 0. The Morgan fingerprint density at radius 3 is 2.67 bits per heavy atom. The van der Waals surface area contributed by atoms with Crippen LogP contribution in [0.15, 0.2) is 24.3 Å². The van der Waals surface area contributed by atoms with E-state index in [1.807, 2.05) is 38.1 Å². The summed E-state index contributed by atoms with van der Waals surface area (Å²) in [6.07, 6.45) is 1.70. The molecule has 2 fully saturated rings. The van der Waals surface area contributed by atoms with Crippen molar-refractivity contribution < 1.29 is 14.4 Å². The van der Waals surface area contributed by atoms with Crippen molar-refractivity contribution in [3.63, 3.8) is 0 Å². The molecule has 2 saturated heterocycles. The van der Waals surface area contributed by atoms with Crippen molar-refractivity contribution in [1.82, 2.24) is 10.2 Å². The Morgan fingerprint density at radius 2 is 1.92 bits per heavy atom. The van der Waals surface area contributed by atoms with Crippen LogP contribution in [0.5, 0.6) is 0 Å². The van der Waals surface area contributed by atoms with Crippen LogP contribution in [0.3, 0.4) is 0 Å². The highest BCUT2D eigenvalue weighted by molar-refractivity contribution is 6.15. The molecule has 1 aromatic carbocycles. The van der Waals surface area contributed by atoms with Crippen molar-refractivity contribution >= 4 is 23.4 Å². The van der Waals surface area contributed by atoms with Gasteiger partial charge in [0.1, 0.15) is 5.54 Å². The lowest BCUT2D eigenvalue weighted by Crippen LogP contribution is -2.52. The third-order valence-electron chi connectivity index (χ3n) is 5.60. The van der Waals surface area contributed by atoms with Gasteiger partial charge in [-0.25, -0.2) is 0 Å². The first-order chi connectivity index (χ1) is 11.5. The Morgan fingerprint density at radius 1 is 1.17 bits per heavy atom. The predicted octanol–water partition coefficient (Wildman–Crippen LogP) is 1.23. The minimum absolute atomic E-state index is 0.146. The van der Waals surface area contributed by atoms with Gasteiger partial charge in [-0.1, -0.05) is 31.5 Å². The number of amides is 3. The molecule has 0 aliphatic carbocycles. The van der Waals surface area contributed by atoms with Gasteiger partial charge in [-0.2, -0.15) is 0 Å². The minimum atomic E-state index is -1.13. The van der Waals surface area contributed by atoms with Crippen molar-refractivity contribution in [3.05, 3.63) is 29.8 Å². The summed E-state index contributed by atoms with van der Waals surface area (Å²) in [6.45, 7) is 4.35. The number of unbranched alkanes of at least 4 members (excludes halogenated alkanes) is 1. The highest BCUT2D eigenvalue weighted by Gasteiger charge is 2.69. The number of anilines is 1. The Hall–Kier alpha value is -2.21. The first-order valence-corrected chi connectivity index (χ1v) is 8.56. The van der Waals surface area contributed by atoms with E-state index in [1.54, 1.807) is 0 Å². The standard InChI is InChI=1S/C18H21N3O3/c1-3-4-9-21-15(22)13-10(2)20-18(14(13)16(21)23)11-7-5-6-8-12(11)19-17(18)24/h5-8,10,13-14,20H,3-4,9H2,1-2H3,(H,19,24)/t10-,13+,14-,18-/m0/s1. The number of carbonyl (C=O) groups excluding carboxylic acids is 3. The van der Waals surface area contributed by atoms with Crippen LogP contribution in [0, 0.1) is 11.8 Å². The van der Waals surface area contributed by atoms with Crippen LogP contribution < -0.4 is 10.6 Å². The number of carbonyl (C=O) groups is 3. The quantitative estimate of drug-likeness (QED) is 0.819. The number of hydrogen-bond acceptors (Lipinski definition) is 4. The number of nitrogens with one attached hydrogen (secondary N) is 2. The zero-order valence-electron chi connectivity index (χ0n) is 13.8. The van der Waals surface area contributed by atoms with Gasteiger partial charge in [0.05, 0.1) is 11.8 Å². The number of nitrogens with zero attached hydrogens (tertiary/aromatic N) is 1.